The third-order valence-electron chi connectivity index (χ3n) is 3.62. The van der Waals surface area contributed by atoms with Gasteiger partial charge in [0.25, 0.3) is 0 Å². The predicted octanol–water partition coefficient (Wildman–Crippen LogP) is 3.67. The molecule has 0 aliphatic rings. The third kappa shape index (κ3) is 4.09. The number of benzene rings is 1. The molecule has 2 heterocycles. The van der Waals surface area contributed by atoms with Crippen LogP contribution in [0.3, 0.4) is 0 Å². The van der Waals surface area contributed by atoms with E-state index < -0.39 is 0 Å². The van der Waals surface area contributed by atoms with Crippen LogP contribution in [0.4, 0.5) is 0 Å². The van der Waals surface area contributed by atoms with Crippen LogP contribution in [0.25, 0.3) is 16.4 Å². The zero-order valence-electron chi connectivity index (χ0n) is 15.2. The molecule has 0 unspecified atom stereocenters. The minimum atomic E-state index is -0.304. The summed E-state index contributed by atoms with van der Waals surface area (Å²) < 4.78 is 18.0. The summed E-state index contributed by atoms with van der Waals surface area (Å²) >= 11 is 2.81. The Morgan fingerprint density at radius 3 is 2.48 bits per heavy atom. The Morgan fingerprint density at radius 1 is 1.15 bits per heavy atom. The first-order valence-corrected chi connectivity index (χ1v) is 10.0. The van der Waals surface area contributed by atoms with Gasteiger partial charge in [-0.3, -0.25) is 9.36 Å². The Morgan fingerprint density at radius 2 is 1.89 bits per heavy atom. The number of methoxy groups -OCH3 is 2. The molecule has 3 aromatic rings. The number of nitrogens with zero attached hydrogens (tertiary/aromatic N) is 3. The number of hydrogen-bond donors (Lipinski definition) is 0. The highest BCUT2D eigenvalue weighted by Gasteiger charge is 2.23. The van der Waals surface area contributed by atoms with Crippen molar-refractivity contribution in [3.8, 4) is 27.9 Å². The van der Waals surface area contributed by atoms with Gasteiger partial charge in [0.15, 0.2) is 11.0 Å². The zero-order valence-corrected chi connectivity index (χ0v) is 16.8. The molecule has 0 N–H and O–H groups in total. The van der Waals surface area contributed by atoms with Gasteiger partial charge in [-0.15, -0.1) is 21.5 Å². The number of aromatic nitrogens is 3. The van der Waals surface area contributed by atoms with E-state index in [1.807, 2.05) is 40.3 Å². The quantitative estimate of drug-likeness (QED) is 0.418. The van der Waals surface area contributed by atoms with Crippen molar-refractivity contribution in [3.05, 3.63) is 35.7 Å². The summed E-state index contributed by atoms with van der Waals surface area (Å²) in [7, 11) is 3.19. The molecular formula is C18H19N3O4S2. The van der Waals surface area contributed by atoms with Gasteiger partial charge in [-0.25, -0.2) is 0 Å². The number of rotatable bonds is 8. The van der Waals surface area contributed by atoms with E-state index in [0.29, 0.717) is 34.8 Å². The van der Waals surface area contributed by atoms with Crippen LogP contribution in [-0.2, 0) is 9.53 Å². The summed E-state index contributed by atoms with van der Waals surface area (Å²) in [5.41, 5.74) is 0.683. The molecule has 0 aliphatic heterocycles. The maximum absolute atomic E-state index is 11.8. The average molecular weight is 406 g/mol. The molecule has 2 aromatic heterocycles. The van der Waals surface area contributed by atoms with Gasteiger partial charge in [-0.2, -0.15) is 0 Å². The average Bonchev–Trinajstić information content (AvgIpc) is 3.35. The summed E-state index contributed by atoms with van der Waals surface area (Å²) in [6.45, 7) is 2.12. The van der Waals surface area contributed by atoms with Crippen LogP contribution in [0, 0.1) is 0 Å². The molecule has 0 saturated heterocycles. The van der Waals surface area contributed by atoms with Crippen molar-refractivity contribution in [3.63, 3.8) is 0 Å². The molecular weight excluding hydrogens is 386 g/mol. The van der Waals surface area contributed by atoms with Crippen LogP contribution in [0.2, 0.25) is 0 Å². The Hall–Kier alpha value is -2.52. The number of carbonyl (C=O) groups is 1. The number of para-hydroxylation sites is 1. The van der Waals surface area contributed by atoms with Crippen molar-refractivity contribution in [1.82, 2.24) is 14.8 Å². The Kier molecular flexibility index (Phi) is 6.36. The van der Waals surface area contributed by atoms with Crippen LogP contribution < -0.4 is 9.47 Å². The third-order valence-corrected chi connectivity index (χ3v) is 5.39. The van der Waals surface area contributed by atoms with Crippen molar-refractivity contribution in [2.24, 2.45) is 0 Å². The summed E-state index contributed by atoms with van der Waals surface area (Å²) in [4.78, 5) is 12.7. The fourth-order valence-corrected chi connectivity index (χ4v) is 3.94. The van der Waals surface area contributed by atoms with Crippen molar-refractivity contribution in [2.45, 2.75) is 12.1 Å². The zero-order chi connectivity index (χ0) is 19.2. The number of ether oxygens (including phenoxy) is 3. The van der Waals surface area contributed by atoms with Gasteiger partial charge in [0, 0.05) is 0 Å². The first-order valence-electron chi connectivity index (χ1n) is 8.18. The Labute approximate surface area is 165 Å². The summed E-state index contributed by atoms with van der Waals surface area (Å²) in [5, 5.41) is 11.2. The maximum Gasteiger partial charge on any atom is 0.316 e. The summed E-state index contributed by atoms with van der Waals surface area (Å²) in [5.74, 6) is 1.71. The fraction of sp³-hybridized carbons (Fsp3) is 0.278. The molecule has 0 bridgehead atoms. The topological polar surface area (TPSA) is 75.5 Å². The number of carbonyl (C=O) groups excluding carboxylic acids is 1. The minimum absolute atomic E-state index is 0.133. The monoisotopic (exact) mass is 405 g/mol. The van der Waals surface area contributed by atoms with E-state index in [-0.39, 0.29) is 11.7 Å². The molecule has 0 fully saturated rings. The Bertz CT molecular complexity index is 887. The lowest BCUT2D eigenvalue weighted by molar-refractivity contribution is -0.139. The molecule has 7 nitrogen and oxygen atoms in total. The number of hydrogen-bond acceptors (Lipinski definition) is 8. The van der Waals surface area contributed by atoms with Crippen molar-refractivity contribution < 1.29 is 19.0 Å². The highest BCUT2D eigenvalue weighted by Crippen LogP contribution is 2.39. The van der Waals surface area contributed by atoms with Crippen LogP contribution in [-0.4, -0.2) is 47.3 Å². The summed E-state index contributed by atoms with van der Waals surface area (Å²) in [6, 6.07) is 9.45. The molecule has 27 heavy (non-hydrogen) atoms. The molecule has 0 radical (unpaired) electrons. The molecule has 0 amide bonds. The van der Waals surface area contributed by atoms with Gasteiger partial charge in [0.2, 0.25) is 0 Å². The first kappa shape index (κ1) is 19.2. The van der Waals surface area contributed by atoms with Gasteiger partial charge < -0.3 is 14.2 Å². The summed E-state index contributed by atoms with van der Waals surface area (Å²) in [6.07, 6.45) is 0. The molecule has 0 atom stereocenters. The van der Waals surface area contributed by atoms with E-state index in [1.165, 1.54) is 11.8 Å². The van der Waals surface area contributed by atoms with E-state index in [9.17, 15) is 4.79 Å². The molecule has 9 heteroatoms. The van der Waals surface area contributed by atoms with Crippen LogP contribution in [0.5, 0.6) is 11.5 Å². The van der Waals surface area contributed by atoms with E-state index in [4.69, 9.17) is 14.2 Å². The van der Waals surface area contributed by atoms with Crippen molar-refractivity contribution in [1.29, 1.82) is 0 Å². The van der Waals surface area contributed by atoms with Crippen LogP contribution >= 0.6 is 23.1 Å². The lowest BCUT2D eigenvalue weighted by Crippen LogP contribution is -2.09. The molecule has 0 aliphatic carbocycles. The van der Waals surface area contributed by atoms with Gasteiger partial charge in [0.1, 0.15) is 17.2 Å². The molecule has 1 aromatic carbocycles. The largest absolute Gasteiger partial charge is 0.494 e. The lowest BCUT2D eigenvalue weighted by Gasteiger charge is -2.16. The first-order chi connectivity index (χ1) is 13.2. The molecule has 142 valence electrons. The second-order valence-corrected chi connectivity index (χ2v) is 7.11. The van der Waals surface area contributed by atoms with Gasteiger partial charge in [0.05, 0.1) is 31.5 Å². The maximum atomic E-state index is 11.8. The van der Waals surface area contributed by atoms with Crippen LogP contribution in [0.15, 0.2) is 40.9 Å². The second-order valence-electron chi connectivity index (χ2n) is 5.22. The van der Waals surface area contributed by atoms with Gasteiger partial charge >= 0.3 is 5.97 Å². The van der Waals surface area contributed by atoms with E-state index in [1.54, 1.807) is 32.5 Å². The van der Waals surface area contributed by atoms with Crippen molar-refractivity contribution >= 4 is 29.1 Å². The SMILES string of the molecule is CCOC(=O)CSc1nnc(-c2cccs2)n1-c1c(OC)cccc1OC. The van der Waals surface area contributed by atoms with Crippen LogP contribution in [0.1, 0.15) is 6.92 Å². The number of esters is 1. The van der Waals surface area contributed by atoms with E-state index >= 15 is 0 Å². The lowest BCUT2D eigenvalue weighted by atomic mass is 10.2. The number of thioether (sulfide) groups is 1. The second kappa shape index (κ2) is 8.92. The predicted molar refractivity (Wildman–Crippen MR) is 105 cm³/mol. The van der Waals surface area contributed by atoms with E-state index in [0.717, 1.165) is 4.88 Å². The normalized spacial score (nSPS) is 10.6. The smallest absolute Gasteiger partial charge is 0.316 e. The molecule has 3 rings (SSSR count). The Balaban J connectivity index is 2.12. The molecule has 0 spiro atoms. The van der Waals surface area contributed by atoms with Gasteiger partial charge in [-0.05, 0) is 30.5 Å². The highest BCUT2D eigenvalue weighted by atomic mass is 32.2. The fourth-order valence-electron chi connectivity index (χ4n) is 2.51. The van der Waals surface area contributed by atoms with Gasteiger partial charge in [-0.1, -0.05) is 23.9 Å². The minimum Gasteiger partial charge on any atom is -0.494 e. The number of thiophene rings is 1. The van der Waals surface area contributed by atoms with Crippen molar-refractivity contribution in [2.75, 3.05) is 26.6 Å². The highest BCUT2D eigenvalue weighted by molar-refractivity contribution is 7.99. The standard InChI is InChI=1S/C18H19N3O4S2/c1-4-25-15(22)11-27-18-20-19-17(14-9-6-10-26-14)21(18)16-12(23-2)7-5-8-13(16)24-3/h5-10H,4,11H2,1-3H3. The van der Waals surface area contributed by atoms with E-state index in [2.05, 4.69) is 10.2 Å². The molecule has 0 saturated carbocycles.